The number of morpholine rings is 1. The lowest BCUT2D eigenvalue weighted by molar-refractivity contribution is -0.116. The standard InChI is InChI=1S/C13H17ClN4O3/c1-17(8-11(15)19)12-10(14)6-9(7-16-12)13(20)18-2-4-21-5-3-18/h6-7H,2-5,8H2,1H3,(H2,15,19). The average molecular weight is 313 g/mol. The van der Waals surface area contributed by atoms with Gasteiger partial charge in [0.05, 0.1) is 30.3 Å². The summed E-state index contributed by atoms with van der Waals surface area (Å²) in [5, 5.41) is 0.304. The summed E-state index contributed by atoms with van der Waals surface area (Å²) in [5.74, 6) is -0.199. The number of nitrogens with zero attached hydrogens (tertiary/aromatic N) is 3. The highest BCUT2D eigenvalue weighted by atomic mass is 35.5. The molecule has 1 fully saturated rings. The molecule has 1 saturated heterocycles. The number of amides is 2. The number of carbonyl (C=O) groups is 2. The fourth-order valence-corrected chi connectivity index (χ4v) is 2.40. The van der Waals surface area contributed by atoms with Crippen molar-refractivity contribution >= 4 is 29.2 Å². The smallest absolute Gasteiger partial charge is 0.255 e. The third-order valence-electron chi connectivity index (χ3n) is 3.12. The van der Waals surface area contributed by atoms with Crippen LogP contribution in [0, 0.1) is 0 Å². The van der Waals surface area contributed by atoms with Gasteiger partial charge in [-0.05, 0) is 6.07 Å². The number of halogens is 1. The number of anilines is 1. The molecule has 114 valence electrons. The second kappa shape index (κ2) is 6.73. The Morgan fingerprint density at radius 2 is 2.14 bits per heavy atom. The number of hydrogen-bond donors (Lipinski definition) is 1. The number of rotatable bonds is 4. The first-order chi connectivity index (χ1) is 9.99. The molecule has 0 aromatic carbocycles. The monoisotopic (exact) mass is 312 g/mol. The molecule has 0 saturated carbocycles. The van der Waals surface area contributed by atoms with Crippen molar-refractivity contribution in [3.63, 3.8) is 0 Å². The first kappa shape index (κ1) is 15.5. The summed E-state index contributed by atoms with van der Waals surface area (Å²) in [5.41, 5.74) is 5.55. The molecule has 1 aliphatic heterocycles. The van der Waals surface area contributed by atoms with Gasteiger partial charge < -0.3 is 20.3 Å². The molecule has 2 heterocycles. The maximum Gasteiger partial charge on any atom is 0.255 e. The van der Waals surface area contributed by atoms with E-state index in [2.05, 4.69) is 4.98 Å². The van der Waals surface area contributed by atoms with E-state index in [1.165, 1.54) is 11.1 Å². The highest BCUT2D eigenvalue weighted by molar-refractivity contribution is 6.33. The van der Waals surface area contributed by atoms with Gasteiger partial charge >= 0.3 is 0 Å². The van der Waals surface area contributed by atoms with E-state index in [0.717, 1.165) is 0 Å². The molecule has 21 heavy (non-hydrogen) atoms. The van der Waals surface area contributed by atoms with Gasteiger partial charge in [0, 0.05) is 26.3 Å². The van der Waals surface area contributed by atoms with Gasteiger partial charge in [0.2, 0.25) is 5.91 Å². The maximum atomic E-state index is 12.3. The molecule has 8 heteroatoms. The van der Waals surface area contributed by atoms with Crippen LogP contribution in [0.2, 0.25) is 5.02 Å². The van der Waals surface area contributed by atoms with Gasteiger partial charge in [-0.2, -0.15) is 0 Å². The highest BCUT2D eigenvalue weighted by Crippen LogP contribution is 2.23. The number of likely N-dealkylation sites (N-methyl/N-ethyl adjacent to an activating group) is 1. The minimum Gasteiger partial charge on any atom is -0.378 e. The molecule has 7 nitrogen and oxygen atoms in total. The number of carbonyl (C=O) groups excluding carboxylic acids is 2. The van der Waals surface area contributed by atoms with Crippen molar-refractivity contribution in [3.05, 3.63) is 22.8 Å². The zero-order valence-electron chi connectivity index (χ0n) is 11.7. The second-order valence-electron chi connectivity index (χ2n) is 4.76. The van der Waals surface area contributed by atoms with E-state index in [1.54, 1.807) is 18.0 Å². The van der Waals surface area contributed by atoms with Crippen LogP contribution in [0.15, 0.2) is 12.3 Å². The lowest BCUT2D eigenvalue weighted by atomic mass is 10.2. The Kier molecular flexibility index (Phi) is 4.98. The first-order valence-corrected chi connectivity index (χ1v) is 6.89. The first-order valence-electron chi connectivity index (χ1n) is 6.51. The maximum absolute atomic E-state index is 12.3. The summed E-state index contributed by atoms with van der Waals surface area (Å²) < 4.78 is 5.21. The van der Waals surface area contributed by atoms with Crippen LogP contribution in [0.4, 0.5) is 5.82 Å². The van der Waals surface area contributed by atoms with Crippen LogP contribution in [0.1, 0.15) is 10.4 Å². The number of ether oxygens (including phenoxy) is 1. The molecule has 2 rings (SSSR count). The zero-order valence-corrected chi connectivity index (χ0v) is 12.5. The molecule has 0 atom stereocenters. The third kappa shape index (κ3) is 3.83. The Morgan fingerprint density at radius 1 is 1.48 bits per heavy atom. The fourth-order valence-electron chi connectivity index (χ4n) is 2.09. The zero-order chi connectivity index (χ0) is 15.4. The van der Waals surface area contributed by atoms with Gasteiger partial charge in [-0.15, -0.1) is 0 Å². The van der Waals surface area contributed by atoms with E-state index in [0.29, 0.717) is 42.7 Å². The van der Waals surface area contributed by atoms with Crippen LogP contribution in [0.5, 0.6) is 0 Å². The normalized spacial score (nSPS) is 14.9. The fraction of sp³-hybridized carbons (Fsp3) is 0.462. The van der Waals surface area contributed by atoms with E-state index in [9.17, 15) is 9.59 Å². The van der Waals surface area contributed by atoms with E-state index in [4.69, 9.17) is 22.1 Å². The van der Waals surface area contributed by atoms with E-state index in [-0.39, 0.29) is 12.5 Å². The average Bonchev–Trinajstić information content (AvgIpc) is 2.46. The Morgan fingerprint density at radius 3 is 2.71 bits per heavy atom. The van der Waals surface area contributed by atoms with E-state index < -0.39 is 5.91 Å². The lowest BCUT2D eigenvalue weighted by Gasteiger charge is -2.27. The molecular weight excluding hydrogens is 296 g/mol. The Hall–Kier alpha value is -1.86. The topological polar surface area (TPSA) is 88.8 Å². The van der Waals surface area contributed by atoms with E-state index in [1.807, 2.05) is 0 Å². The molecule has 1 aliphatic rings. The minimum absolute atomic E-state index is 0.00345. The summed E-state index contributed by atoms with van der Waals surface area (Å²) in [6.07, 6.45) is 1.45. The van der Waals surface area contributed by atoms with Gasteiger partial charge in [-0.25, -0.2) is 4.98 Å². The van der Waals surface area contributed by atoms with Crippen molar-refractivity contribution in [2.75, 3.05) is 44.8 Å². The molecule has 0 aliphatic carbocycles. The molecule has 0 bridgehead atoms. The third-order valence-corrected chi connectivity index (χ3v) is 3.40. The molecular formula is C13H17ClN4O3. The van der Waals surface area contributed by atoms with Crippen LogP contribution in [0.3, 0.4) is 0 Å². The number of hydrogen-bond acceptors (Lipinski definition) is 5. The molecule has 1 aromatic rings. The summed E-state index contributed by atoms with van der Waals surface area (Å²) >= 11 is 6.14. The SMILES string of the molecule is CN(CC(N)=O)c1ncc(C(=O)N2CCOCC2)cc1Cl. The molecule has 0 unspecified atom stereocenters. The van der Waals surface area contributed by atoms with Crippen LogP contribution >= 0.6 is 11.6 Å². The van der Waals surface area contributed by atoms with Crippen LogP contribution in [0.25, 0.3) is 0 Å². The van der Waals surface area contributed by atoms with Gasteiger partial charge in [-0.1, -0.05) is 11.6 Å². The highest BCUT2D eigenvalue weighted by Gasteiger charge is 2.20. The number of pyridine rings is 1. The molecule has 1 aromatic heterocycles. The van der Waals surface area contributed by atoms with Crippen LogP contribution in [-0.2, 0) is 9.53 Å². The van der Waals surface area contributed by atoms with Crippen molar-refractivity contribution in [1.82, 2.24) is 9.88 Å². The number of aromatic nitrogens is 1. The van der Waals surface area contributed by atoms with Crippen molar-refractivity contribution in [3.8, 4) is 0 Å². The van der Waals surface area contributed by atoms with Crippen molar-refractivity contribution in [2.45, 2.75) is 0 Å². The Labute approximate surface area is 127 Å². The minimum atomic E-state index is -0.483. The molecule has 0 radical (unpaired) electrons. The Balaban J connectivity index is 2.14. The Bertz CT molecular complexity index is 546. The number of nitrogens with two attached hydrogens (primary N) is 1. The van der Waals surface area contributed by atoms with Gasteiger partial charge in [0.1, 0.15) is 5.82 Å². The summed E-state index contributed by atoms with van der Waals surface area (Å²) in [4.78, 5) is 30.6. The summed E-state index contributed by atoms with van der Waals surface area (Å²) in [6.45, 7) is 2.18. The van der Waals surface area contributed by atoms with Crippen LogP contribution in [-0.4, -0.2) is 61.6 Å². The molecule has 2 amide bonds. The van der Waals surface area contributed by atoms with Gasteiger partial charge in [-0.3, -0.25) is 9.59 Å². The lowest BCUT2D eigenvalue weighted by Crippen LogP contribution is -2.40. The summed E-state index contributed by atoms with van der Waals surface area (Å²) in [7, 11) is 1.66. The molecule has 2 N–H and O–H groups in total. The second-order valence-corrected chi connectivity index (χ2v) is 5.16. The van der Waals surface area contributed by atoms with Crippen molar-refractivity contribution < 1.29 is 14.3 Å². The van der Waals surface area contributed by atoms with Gasteiger partial charge in [0.15, 0.2) is 0 Å². The number of primary amides is 1. The van der Waals surface area contributed by atoms with Crippen LogP contribution < -0.4 is 10.6 Å². The summed E-state index contributed by atoms with van der Waals surface area (Å²) in [6, 6.07) is 1.55. The predicted octanol–water partition coefficient (Wildman–Crippen LogP) is 0.129. The molecule has 0 spiro atoms. The van der Waals surface area contributed by atoms with E-state index >= 15 is 0 Å². The van der Waals surface area contributed by atoms with Gasteiger partial charge in [0.25, 0.3) is 5.91 Å². The predicted molar refractivity (Wildman–Crippen MR) is 78.4 cm³/mol. The quantitative estimate of drug-likeness (QED) is 0.853. The largest absolute Gasteiger partial charge is 0.378 e. The van der Waals surface area contributed by atoms with Crippen molar-refractivity contribution in [1.29, 1.82) is 0 Å². The van der Waals surface area contributed by atoms with Crippen molar-refractivity contribution in [2.24, 2.45) is 5.73 Å².